The van der Waals surface area contributed by atoms with Gasteiger partial charge in [0.1, 0.15) is 0 Å². The van der Waals surface area contributed by atoms with Crippen LogP contribution in [0.25, 0.3) is 6.08 Å². The Morgan fingerprint density at radius 3 is 3.11 bits per heavy atom. The number of likely N-dealkylation sites (tertiary alicyclic amines) is 1. The zero-order chi connectivity index (χ0) is 13.0. The first-order valence-corrected chi connectivity index (χ1v) is 6.37. The summed E-state index contributed by atoms with van der Waals surface area (Å²) in [6.45, 7) is 2.84. The molecule has 0 aliphatic carbocycles. The lowest BCUT2D eigenvalue weighted by Gasteiger charge is -2.21. The van der Waals surface area contributed by atoms with E-state index in [4.69, 9.17) is 0 Å². The largest absolute Gasteiger partial charge is 0.394 e. The molecule has 1 aliphatic rings. The second-order valence-electron chi connectivity index (χ2n) is 4.76. The third kappa shape index (κ3) is 2.99. The minimum absolute atomic E-state index is 0.000315. The minimum atomic E-state index is -0.00643. The zero-order valence-corrected chi connectivity index (χ0v) is 10.7. The molecule has 1 atom stereocenters. The summed E-state index contributed by atoms with van der Waals surface area (Å²) in [6.07, 6.45) is 5.32. The van der Waals surface area contributed by atoms with Crippen molar-refractivity contribution in [1.29, 1.82) is 0 Å². The van der Waals surface area contributed by atoms with E-state index >= 15 is 0 Å². The standard InChI is InChI=1S/C15H19NO2/c1-12-4-2-5-13(10-12)7-8-15(18)16-9-3-6-14(16)11-17/h2,4-5,7-8,10,14,17H,3,6,9,11H2,1H3/t14-/m1/s1. The summed E-state index contributed by atoms with van der Waals surface area (Å²) in [7, 11) is 0. The van der Waals surface area contributed by atoms with Crippen molar-refractivity contribution in [3.8, 4) is 0 Å². The number of aryl methyl sites for hydroxylation is 1. The number of nitrogens with zero attached hydrogens (tertiary/aromatic N) is 1. The highest BCUT2D eigenvalue weighted by Gasteiger charge is 2.26. The minimum Gasteiger partial charge on any atom is -0.394 e. The maximum absolute atomic E-state index is 12.0. The quantitative estimate of drug-likeness (QED) is 0.827. The van der Waals surface area contributed by atoms with Crippen molar-refractivity contribution in [2.45, 2.75) is 25.8 Å². The lowest BCUT2D eigenvalue weighted by molar-refractivity contribution is -0.127. The number of aliphatic hydroxyl groups is 1. The molecule has 3 nitrogen and oxygen atoms in total. The van der Waals surface area contributed by atoms with Crippen molar-refractivity contribution in [3.05, 3.63) is 41.5 Å². The Hall–Kier alpha value is -1.61. The molecule has 1 amide bonds. The van der Waals surface area contributed by atoms with Crippen LogP contribution in [-0.4, -0.2) is 35.1 Å². The number of carbonyl (C=O) groups excluding carboxylic acids is 1. The van der Waals surface area contributed by atoms with E-state index in [9.17, 15) is 9.90 Å². The third-order valence-electron chi connectivity index (χ3n) is 3.33. The maximum Gasteiger partial charge on any atom is 0.246 e. The number of amides is 1. The molecule has 1 N–H and O–H groups in total. The van der Waals surface area contributed by atoms with Crippen molar-refractivity contribution < 1.29 is 9.90 Å². The van der Waals surface area contributed by atoms with Gasteiger partial charge in [0.2, 0.25) is 5.91 Å². The van der Waals surface area contributed by atoms with Crippen molar-refractivity contribution in [3.63, 3.8) is 0 Å². The third-order valence-corrected chi connectivity index (χ3v) is 3.33. The summed E-state index contributed by atoms with van der Waals surface area (Å²) < 4.78 is 0. The molecular formula is C15H19NO2. The van der Waals surface area contributed by atoms with E-state index in [1.165, 1.54) is 5.56 Å². The molecule has 3 heteroatoms. The summed E-state index contributed by atoms with van der Waals surface area (Å²) >= 11 is 0. The van der Waals surface area contributed by atoms with Crippen molar-refractivity contribution >= 4 is 12.0 Å². The van der Waals surface area contributed by atoms with E-state index in [-0.39, 0.29) is 18.6 Å². The average molecular weight is 245 g/mol. The molecule has 0 radical (unpaired) electrons. The van der Waals surface area contributed by atoms with E-state index in [0.717, 1.165) is 24.9 Å². The highest BCUT2D eigenvalue weighted by atomic mass is 16.3. The summed E-state index contributed by atoms with van der Waals surface area (Å²) in [5.74, 6) is -0.00643. The fourth-order valence-corrected chi connectivity index (χ4v) is 2.35. The molecule has 1 heterocycles. The maximum atomic E-state index is 12.0. The van der Waals surface area contributed by atoms with Crippen LogP contribution in [0.3, 0.4) is 0 Å². The Kier molecular flexibility index (Phi) is 4.15. The highest BCUT2D eigenvalue weighted by Crippen LogP contribution is 2.17. The average Bonchev–Trinajstić information content (AvgIpc) is 2.84. The van der Waals surface area contributed by atoms with Crippen LogP contribution in [0.1, 0.15) is 24.0 Å². The molecule has 1 saturated heterocycles. The highest BCUT2D eigenvalue weighted by molar-refractivity contribution is 5.92. The van der Waals surface area contributed by atoms with Gasteiger partial charge < -0.3 is 10.0 Å². The Morgan fingerprint density at radius 2 is 2.39 bits per heavy atom. The molecule has 0 spiro atoms. The van der Waals surface area contributed by atoms with Gasteiger partial charge in [-0.25, -0.2) is 0 Å². The molecule has 96 valence electrons. The van der Waals surface area contributed by atoms with Gasteiger partial charge in [0, 0.05) is 12.6 Å². The fraction of sp³-hybridized carbons (Fsp3) is 0.400. The van der Waals surface area contributed by atoms with Crippen LogP contribution >= 0.6 is 0 Å². The summed E-state index contributed by atoms with van der Waals surface area (Å²) in [4.78, 5) is 13.8. The van der Waals surface area contributed by atoms with Gasteiger partial charge in [-0.05, 0) is 31.4 Å². The van der Waals surface area contributed by atoms with Gasteiger partial charge in [-0.2, -0.15) is 0 Å². The van der Waals surface area contributed by atoms with Gasteiger partial charge in [0.05, 0.1) is 12.6 Å². The topological polar surface area (TPSA) is 40.5 Å². The molecule has 1 aliphatic heterocycles. The van der Waals surface area contributed by atoms with Gasteiger partial charge in [-0.3, -0.25) is 4.79 Å². The second kappa shape index (κ2) is 5.83. The van der Waals surface area contributed by atoms with Crippen LogP contribution in [0, 0.1) is 6.92 Å². The Bertz CT molecular complexity index is 454. The first-order valence-electron chi connectivity index (χ1n) is 6.37. The van der Waals surface area contributed by atoms with Crippen LogP contribution in [0.2, 0.25) is 0 Å². The molecule has 1 aromatic carbocycles. The Morgan fingerprint density at radius 1 is 1.56 bits per heavy atom. The SMILES string of the molecule is Cc1cccc(C=CC(=O)N2CCC[C@@H]2CO)c1. The molecule has 0 unspecified atom stereocenters. The summed E-state index contributed by atoms with van der Waals surface area (Å²) in [5.41, 5.74) is 2.21. The monoisotopic (exact) mass is 245 g/mol. The van der Waals surface area contributed by atoms with Crippen LogP contribution in [-0.2, 0) is 4.79 Å². The number of rotatable bonds is 3. The molecule has 2 rings (SSSR count). The Balaban J connectivity index is 2.02. The van der Waals surface area contributed by atoms with E-state index in [1.807, 2.05) is 37.3 Å². The van der Waals surface area contributed by atoms with E-state index in [2.05, 4.69) is 0 Å². The molecule has 0 aromatic heterocycles. The number of aliphatic hydroxyl groups excluding tert-OH is 1. The summed E-state index contributed by atoms with van der Waals surface area (Å²) in [6, 6.07) is 8.02. The second-order valence-corrected chi connectivity index (χ2v) is 4.76. The first-order chi connectivity index (χ1) is 8.70. The van der Waals surface area contributed by atoms with Crippen LogP contribution in [0.5, 0.6) is 0 Å². The molecule has 0 bridgehead atoms. The van der Waals surface area contributed by atoms with Crippen LogP contribution < -0.4 is 0 Å². The number of hydrogen-bond acceptors (Lipinski definition) is 2. The van der Waals surface area contributed by atoms with Gasteiger partial charge in [0.25, 0.3) is 0 Å². The van der Waals surface area contributed by atoms with Crippen molar-refractivity contribution in [2.24, 2.45) is 0 Å². The lowest BCUT2D eigenvalue weighted by atomic mass is 10.1. The van der Waals surface area contributed by atoms with Gasteiger partial charge in [-0.1, -0.05) is 29.8 Å². The predicted molar refractivity (Wildman–Crippen MR) is 72.0 cm³/mol. The number of carbonyl (C=O) groups is 1. The van der Waals surface area contributed by atoms with Crippen molar-refractivity contribution in [2.75, 3.05) is 13.2 Å². The number of hydrogen-bond donors (Lipinski definition) is 1. The first kappa shape index (κ1) is 12.8. The van der Waals surface area contributed by atoms with Gasteiger partial charge in [0.15, 0.2) is 0 Å². The van der Waals surface area contributed by atoms with Gasteiger partial charge in [-0.15, -0.1) is 0 Å². The predicted octanol–water partition coefficient (Wildman–Crippen LogP) is 1.99. The van der Waals surface area contributed by atoms with E-state index in [0.29, 0.717) is 0 Å². The van der Waals surface area contributed by atoms with E-state index < -0.39 is 0 Å². The van der Waals surface area contributed by atoms with Crippen LogP contribution in [0.4, 0.5) is 0 Å². The molecule has 1 fully saturated rings. The molecule has 18 heavy (non-hydrogen) atoms. The number of benzene rings is 1. The Labute approximate surface area is 108 Å². The van der Waals surface area contributed by atoms with E-state index in [1.54, 1.807) is 11.0 Å². The smallest absolute Gasteiger partial charge is 0.246 e. The molecule has 0 saturated carbocycles. The van der Waals surface area contributed by atoms with Gasteiger partial charge >= 0.3 is 0 Å². The molecule has 1 aromatic rings. The van der Waals surface area contributed by atoms with Crippen LogP contribution in [0.15, 0.2) is 30.3 Å². The molecular weight excluding hydrogens is 226 g/mol. The normalized spacial score (nSPS) is 19.7. The zero-order valence-electron chi connectivity index (χ0n) is 10.7. The fourth-order valence-electron chi connectivity index (χ4n) is 2.35. The lowest BCUT2D eigenvalue weighted by Crippen LogP contribution is -2.36. The summed E-state index contributed by atoms with van der Waals surface area (Å²) in [5, 5.41) is 9.19. The van der Waals surface area contributed by atoms with Crippen molar-refractivity contribution in [1.82, 2.24) is 4.90 Å².